The molecular weight excluding hydrogens is 817 g/mol. The number of hydrogen-bond acceptors (Lipinski definition) is 13. The summed E-state index contributed by atoms with van der Waals surface area (Å²) in [6, 6.07) is 14.1. The molecule has 0 aliphatic rings. The van der Waals surface area contributed by atoms with Gasteiger partial charge in [-0.15, -0.1) is 11.3 Å². The second-order valence-corrected chi connectivity index (χ2v) is 16.6. The summed E-state index contributed by atoms with van der Waals surface area (Å²) in [4.78, 5) is 59.5. The number of ether oxygens (including phenoxy) is 2. The molecule has 1 unspecified atom stereocenters. The standard InChI is InChI=1S/C40H50N8O10S2/c1-25(20-29-12-7-6-8-13-29)21-30(33(47(52)24-49)23-58-34-16-10-9-15-32(34)48(53)54)37(50)44-31(38(51)45-40-43-18-19-59-40)14-11-17-42-39(41)46-60(55,56)36-26(2)22-35(57-5)27(3)28(36)4/h6-10,12-13,15-16,18-19,22,24-25,30-31,33,52H,11,14,17,20-21,23H2,1-5H3,(H,44,50)(H3,41,42,46)(H,43,45,51)/t25?,30-,31+,33+/m1/s1. The second kappa shape index (κ2) is 21.8. The Bertz CT molecular complexity index is 2240. The van der Waals surface area contributed by atoms with Crippen LogP contribution in [-0.2, 0) is 30.8 Å². The summed E-state index contributed by atoms with van der Waals surface area (Å²) in [5.41, 5.74) is 8.21. The first-order valence-electron chi connectivity index (χ1n) is 18.9. The number of aryl methyl sites for hydroxylation is 1. The van der Waals surface area contributed by atoms with Gasteiger partial charge in [-0.3, -0.25) is 34.7 Å². The van der Waals surface area contributed by atoms with Crippen molar-refractivity contribution < 1.29 is 42.4 Å². The number of sulfonamides is 1. The van der Waals surface area contributed by atoms with Gasteiger partial charge in [0.15, 0.2) is 10.9 Å². The highest BCUT2D eigenvalue weighted by Crippen LogP contribution is 2.31. The average molecular weight is 867 g/mol. The lowest BCUT2D eigenvalue weighted by Crippen LogP contribution is -2.53. The van der Waals surface area contributed by atoms with E-state index in [1.54, 1.807) is 32.2 Å². The van der Waals surface area contributed by atoms with Gasteiger partial charge in [0.05, 0.1) is 22.8 Å². The number of para-hydroxylation sites is 2. The van der Waals surface area contributed by atoms with Gasteiger partial charge in [0, 0.05) is 24.2 Å². The molecule has 3 amide bonds. The number of hydrogen-bond donors (Lipinski definition) is 5. The van der Waals surface area contributed by atoms with Crippen molar-refractivity contribution in [2.45, 2.75) is 70.4 Å². The number of nitro benzene ring substituents is 1. The minimum absolute atomic E-state index is 0.0114. The van der Waals surface area contributed by atoms with Gasteiger partial charge < -0.3 is 25.8 Å². The number of methoxy groups -OCH3 is 1. The number of hydroxylamine groups is 2. The third kappa shape index (κ3) is 12.7. The zero-order chi connectivity index (χ0) is 44.0. The van der Waals surface area contributed by atoms with E-state index in [4.69, 9.17) is 15.2 Å². The molecule has 0 aliphatic carbocycles. The number of anilines is 1. The number of carbonyl (C=O) groups excluding carboxylic acids is 3. The Morgan fingerprint density at radius 2 is 1.78 bits per heavy atom. The number of nitrogens with one attached hydrogen (secondary N) is 3. The van der Waals surface area contributed by atoms with Crippen LogP contribution in [0.5, 0.6) is 11.5 Å². The number of rotatable bonds is 22. The zero-order valence-corrected chi connectivity index (χ0v) is 35.5. The fraction of sp³-hybridized carbons (Fsp3) is 0.375. The fourth-order valence-corrected chi connectivity index (χ4v) is 8.73. The Labute approximate surface area is 352 Å². The van der Waals surface area contributed by atoms with E-state index in [1.807, 2.05) is 37.3 Å². The van der Waals surface area contributed by atoms with Crippen LogP contribution in [0.3, 0.4) is 0 Å². The number of benzene rings is 3. The van der Waals surface area contributed by atoms with Gasteiger partial charge in [-0.2, -0.15) is 0 Å². The van der Waals surface area contributed by atoms with Gasteiger partial charge in [0.2, 0.25) is 24.2 Å². The van der Waals surface area contributed by atoms with Gasteiger partial charge in [-0.1, -0.05) is 49.4 Å². The molecule has 1 heterocycles. The Hall–Kier alpha value is -6.12. The summed E-state index contributed by atoms with van der Waals surface area (Å²) in [5, 5.41) is 30.2. The first kappa shape index (κ1) is 46.6. The highest BCUT2D eigenvalue weighted by molar-refractivity contribution is 7.90. The molecule has 4 rings (SSSR count). The van der Waals surface area contributed by atoms with Gasteiger partial charge in [0.25, 0.3) is 10.0 Å². The van der Waals surface area contributed by atoms with E-state index in [2.05, 4.69) is 25.3 Å². The molecule has 1 aromatic heterocycles. The quantitative estimate of drug-likeness (QED) is 0.0138. The maximum absolute atomic E-state index is 14.4. The van der Waals surface area contributed by atoms with Crippen molar-refractivity contribution in [2.75, 3.05) is 25.6 Å². The van der Waals surface area contributed by atoms with Gasteiger partial charge in [0.1, 0.15) is 24.4 Å². The molecule has 0 spiro atoms. The maximum Gasteiger partial charge on any atom is 0.310 e. The topological polar surface area (TPSA) is 258 Å². The van der Waals surface area contributed by atoms with E-state index in [0.717, 1.165) is 16.9 Å². The van der Waals surface area contributed by atoms with E-state index >= 15 is 0 Å². The number of aliphatic imine (C=N–C) groups is 1. The molecule has 4 aromatic rings. The van der Waals surface area contributed by atoms with E-state index in [9.17, 15) is 38.1 Å². The summed E-state index contributed by atoms with van der Waals surface area (Å²) in [5.74, 6) is -2.75. The monoisotopic (exact) mass is 866 g/mol. The summed E-state index contributed by atoms with van der Waals surface area (Å²) in [6.45, 7) is 6.35. The SMILES string of the molecule is COc1cc(C)c(S(=O)(=O)NC(N)=NCCC[C@H](NC(=O)[C@H](CC(C)Cc2ccccc2)[C@H](COc2ccccc2[N+](=O)[O-])N(O)C=O)C(=O)Nc2nccs2)c(C)c1C. The van der Waals surface area contributed by atoms with Crippen LogP contribution in [0.25, 0.3) is 0 Å². The molecule has 0 bridgehead atoms. The fourth-order valence-electron chi connectivity index (χ4n) is 6.72. The molecule has 4 atom stereocenters. The highest BCUT2D eigenvalue weighted by atomic mass is 32.2. The van der Waals surface area contributed by atoms with Crippen LogP contribution < -0.4 is 30.6 Å². The van der Waals surface area contributed by atoms with Crippen LogP contribution in [0, 0.1) is 42.7 Å². The van der Waals surface area contributed by atoms with E-state index in [-0.39, 0.29) is 70.6 Å². The van der Waals surface area contributed by atoms with Gasteiger partial charge in [-0.05, 0) is 86.8 Å². The summed E-state index contributed by atoms with van der Waals surface area (Å²) < 4.78 is 40.2. The van der Waals surface area contributed by atoms with Crippen LogP contribution in [-0.4, -0.2) is 85.1 Å². The molecule has 0 saturated carbocycles. The van der Waals surface area contributed by atoms with Crippen LogP contribution in [0.15, 0.2) is 82.1 Å². The second-order valence-electron chi connectivity index (χ2n) is 14.1. The zero-order valence-electron chi connectivity index (χ0n) is 33.9. The Morgan fingerprint density at radius 1 is 1.08 bits per heavy atom. The number of aromatic nitrogens is 1. The summed E-state index contributed by atoms with van der Waals surface area (Å²) >= 11 is 1.15. The first-order valence-corrected chi connectivity index (χ1v) is 21.2. The normalized spacial score (nSPS) is 13.6. The predicted molar refractivity (Wildman–Crippen MR) is 225 cm³/mol. The van der Waals surface area contributed by atoms with Crippen LogP contribution >= 0.6 is 11.3 Å². The first-order chi connectivity index (χ1) is 28.6. The van der Waals surface area contributed by atoms with Crippen LogP contribution in [0.2, 0.25) is 0 Å². The minimum Gasteiger partial charge on any atom is -0.496 e. The van der Waals surface area contributed by atoms with Crippen molar-refractivity contribution in [1.82, 2.24) is 20.1 Å². The molecule has 20 heteroatoms. The smallest absolute Gasteiger partial charge is 0.310 e. The third-order valence-electron chi connectivity index (χ3n) is 9.74. The lowest BCUT2D eigenvalue weighted by Gasteiger charge is -2.32. The number of nitro groups is 1. The number of nitrogens with two attached hydrogens (primary N) is 1. The van der Waals surface area contributed by atoms with E-state index in [0.29, 0.717) is 28.9 Å². The number of guanidine groups is 1. The molecule has 322 valence electrons. The van der Waals surface area contributed by atoms with Crippen molar-refractivity contribution in [3.8, 4) is 11.5 Å². The Kier molecular flexibility index (Phi) is 16.9. The van der Waals surface area contributed by atoms with E-state index in [1.165, 1.54) is 37.6 Å². The van der Waals surface area contributed by atoms with Crippen LogP contribution in [0.4, 0.5) is 10.8 Å². The number of thiazole rings is 1. The average Bonchev–Trinajstić information content (AvgIpc) is 3.72. The summed E-state index contributed by atoms with van der Waals surface area (Å²) in [7, 11) is -2.65. The van der Waals surface area contributed by atoms with Crippen molar-refractivity contribution in [1.29, 1.82) is 0 Å². The molecular formula is C40H50N8O10S2. The van der Waals surface area contributed by atoms with Crippen molar-refractivity contribution >= 4 is 56.4 Å². The summed E-state index contributed by atoms with van der Waals surface area (Å²) in [6.07, 6.45) is 2.33. The lowest BCUT2D eigenvalue weighted by atomic mass is 9.85. The number of amides is 3. The predicted octanol–water partition coefficient (Wildman–Crippen LogP) is 4.66. The van der Waals surface area contributed by atoms with Crippen molar-refractivity contribution in [3.05, 3.63) is 105 Å². The molecule has 3 aromatic carbocycles. The van der Waals surface area contributed by atoms with Crippen molar-refractivity contribution in [3.63, 3.8) is 0 Å². The van der Waals surface area contributed by atoms with Gasteiger partial charge in [-0.25, -0.2) is 23.2 Å². The molecule has 0 fully saturated rings. The number of nitrogens with zero attached hydrogens (tertiary/aromatic N) is 4. The van der Waals surface area contributed by atoms with Crippen molar-refractivity contribution in [2.24, 2.45) is 22.6 Å². The molecule has 6 N–H and O–H groups in total. The van der Waals surface area contributed by atoms with Gasteiger partial charge >= 0.3 is 5.69 Å². The van der Waals surface area contributed by atoms with E-state index < -0.39 is 51.4 Å². The Balaban J connectivity index is 1.58. The molecule has 18 nitrogen and oxygen atoms in total. The Morgan fingerprint density at radius 3 is 2.43 bits per heavy atom. The molecule has 0 radical (unpaired) electrons. The maximum atomic E-state index is 14.4. The third-order valence-corrected chi connectivity index (χ3v) is 12.1. The molecule has 60 heavy (non-hydrogen) atoms. The molecule has 0 saturated heterocycles. The number of carbonyl (C=O) groups is 3. The van der Waals surface area contributed by atoms with Crippen LogP contribution in [0.1, 0.15) is 48.4 Å². The highest BCUT2D eigenvalue weighted by Gasteiger charge is 2.37. The lowest BCUT2D eigenvalue weighted by molar-refractivity contribution is -0.385. The largest absolute Gasteiger partial charge is 0.496 e. The molecule has 0 aliphatic heterocycles. The minimum atomic E-state index is -4.15.